The maximum atomic E-state index is 12.6. The second-order valence-electron chi connectivity index (χ2n) is 7.27. The summed E-state index contributed by atoms with van der Waals surface area (Å²) in [6, 6.07) is 3.64. The molecule has 0 aliphatic carbocycles. The Kier molecular flexibility index (Phi) is 5.68. The van der Waals surface area contributed by atoms with E-state index in [9.17, 15) is 9.59 Å². The zero-order valence-electron chi connectivity index (χ0n) is 15.6. The van der Waals surface area contributed by atoms with Crippen LogP contribution in [0.15, 0.2) is 29.3 Å². The summed E-state index contributed by atoms with van der Waals surface area (Å²) in [6.45, 7) is 10.0. The Morgan fingerprint density at radius 3 is 3.00 bits per heavy atom. The van der Waals surface area contributed by atoms with Gasteiger partial charge in [0, 0.05) is 38.6 Å². The Labute approximate surface area is 153 Å². The summed E-state index contributed by atoms with van der Waals surface area (Å²) in [6.07, 6.45) is 2.97. The molecule has 3 heterocycles. The highest BCUT2D eigenvalue weighted by molar-refractivity contribution is 5.93. The molecule has 7 nitrogen and oxygen atoms in total. The van der Waals surface area contributed by atoms with Crippen molar-refractivity contribution in [3.05, 3.63) is 46.0 Å². The highest BCUT2D eigenvalue weighted by Gasteiger charge is 2.22. The van der Waals surface area contributed by atoms with E-state index >= 15 is 0 Å². The molecule has 1 aliphatic heterocycles. The Balaban J connectivity index is 1.66. The minimum absolute atomic E-state index is 0.0444. The molecule has 1 aliphatic rings. The topological polar surface area (TPSA) is 75.9 Å². The minimum Gasteiger partial charge on any atom is -0.374 e. The van der Waals surface area contributed by atoms with Crippen LogP contribution in [0, 0.1) is 12.8 Å². The van der Waals surface area contributed by atoms with Gasteiger partial charge in [-0.3, -0.25) is 18.9 Å². The first-order valence-corrected chi connectivity index (χ1v) is 9.04. The molecule has 1 unspecified atom stereocenters. The smallest absolute Gasteiger partial charge is 0.270 e. The van der Waals surface area contributed by atoms with Crippen LogP contribution in [-0.4, -0.2) is 59.1 Å². The van der Waals surface area contributed by atoms with Crippen molar-refractivity contribution in [3.63, 3.8) is 0 Å². The highest BCUT2D eigenvalue weighted by atomic mass is 16.5. The summed E-state index contributed by atoms with van der Waals surface area (Å²) < 4.78 is 7.15. The number of amides is 1. The molecule has 0 aromatic carbocycles. The first-order chi connectivity index (χ1) is 12.4. The lowest BCUT2D eigenvalue weighted by molar-refractivity contribution is -0.0295. The van der Waals surface area contributed by atoms with Crippen LogP contribution in [0.3, 0.4) is 0 Å². The molecule has 0 bridgehead atoms. The van der Waals surface area contributed by atoms with Gasteiger partial charge in [0.15, 0.2) is 0 Å². The van der Waals surface area contributed by atoms with Gasteiger partial charge in [-0.1, -0.05) is 19.9 Å². The summed E-state index contributed by atoms with van der Waals surface area (Å²) in [5.41, 5.74) is 1.14. The van der Waals surface area contributed by atoms with Crippen LogP contribution in [0.5, 0.6) is 0 Å². The number of rotatable bonds is 5. The Hall–Kier alpha value is -2.25. The standard InChI is InChI=1S/C19H26N4O3/c1-13(2)10-22-6-7-26-15(12-22)8-21-18(24)16-9-20-17-5-4-14(3)11-23(17)19(16)25/h4-5,9,11,13,15H,6-8,10,12H2,1-3H3,(H,21,24). The van der Waals surface area contributed by atoms with E-state index in [0.29, 0.717) is 24.7 Å². The number of nitrogens with zero attached hydrogens (tertiary/aromatic N) is 3. The summed E-state index contributed by atoms with van der Waals surface area (Å²) in [5, 5.41) is 2.82. The monoisotopic (exact) mass is 358 g/mol. The van der Waals surface area contributed by atoms with E-state index in [2.05, 4.69) is 29.0 Å². The number of nitrogens with one attached hydrogen (secondary N) is 1. The molecule has 140 valence electrons. The number of pyridine rings is 1. The van der Waals surface area contributed by atoms with Crippen molar-refractivity contribution in [2.24, 2.45) is 5.92 Å². The third-order valence-electron chi connectivity index (χ3n) is 4.43. The van der Waals surface area contributed by atoms with Crippen LogP contribution < -0.4 is 10.9 Å². The number of carbonyl (C=O) groups is 1. The van der Waals surface area contributed by atoms with Gasteiger partial charge >= 0.3 is 0 Å². The van der Waals surface area contributed by atoms with Crippen molar-refractivity contribution in [1.82, 2.24) is 19.6 Å². The van der Waals surface area contributed by atoms with E-state index in [1.165, 1.54) is 10.6 Å². The third-order valence-corrected chi connectivity index (χ3v) is 4.43. The van der Waals surface area contributed by atoms with Gasteiger partial charge in [-0.05, 0) is 24.5 Å². The quantitative estimate of drug-likeness (QED) is 0.866. The van der Waals surface area contributed by atoms with Crippen molar-refractivity contribution in [1.29, 1.82) is 0 Å². The second-order valence-corrected chi connectivity index (χ2v) is 7.27. The molecule has 1 N–H and O–H groups in total. The fourth-order valence-electron chi connectivity index (χ4n) is 3.23. The molecule has 26 heavy (non-hydrogen) atoms. The number of hydrogen-bond donors (Lipinski definition) is 1. The molecule has 0 saturated carbocycles. The zero-order chi connectivity index (χ0) is 18.7. The molecule has 0 radical (unpaired) electrons. The fourth-order valence-corrected chi connectivity index (χ4v) is 3.23. The molecule has 2 aromatic rings. The Morgan fingerprint density at radius 2 is 2.23 bits per heavy atom. The molecule has 7 heteroatoms. The van der Waals surface area contributed by atoms with Crippen molar-refractivity contribution >= 4 is 11.6 Å². The maximum absolute atomic E-state index is 12.6. The number of hydrogen-bond acceptors (Lipinski definition) is 5. The van der Waals surface area contributed by atoms with Crippen molar-refractivity contribution in [2.75, 3.05) is 32.8 Å². The molecule has 3 rings (SSSR count). The van der Waals surface area contributed by atoms with Crippen LogP contribution in [-0.2, 0) is 4.74 Å². The maximum Gasteiger partial charge on any atom is 0.270 e. The van der Waals surface area contributed by atoms with Crippen molar-refractivity contribution < 1.29 is 9.53 Å². The van der Waals surface area contributed by atoms with Gasteiger partial charge in [0.05, 0.1) is 12.7 Å². The molecular formula is C19H26N4O3. The number of morpholine rings is 1. The van der Waals surface area contributed by atoms with E-state index in [1.807, 2.05) is 13.0 Å². The normalized spacial score (nSPS) is 18.4. The largest absolute Gasteiger partial charge is 0.374 e. The number of aryl methyl sites for hydroxylation is 1. The Morgan fingerprint density at radius 1 is 1.42 bits per heavy atom. The van der Waals surface area contributed by atoms with E-state index in [0.717, 1.165) is 25.2 Å². The van der Waals surface area contributed by atoms with Gasteiger partial charge in [0.1, 0.15) is 11.2 Å². The third kappa shape index (κ3) is 4.28. The first-order valence-electron chi connectivity index (χ1n) is 9.04. The number of ether oxygens (including phenoxy) is 1. The lowest BCUT2D eigenvalue weighted by atomic mass is 10.2. The van der Waals surface area contributed by atoms with Gasteiger partial charge in [-0.15, -0.1) is 0 Å². The van der Waals surface area contributed by atoms with Crippen LogP contribution in [0.4, 0.5) is 0 Å². The predicted octanol–water partition coefficient (Wildman–Crippen LogP) is 1.09. The number of fused-ring (bicyclic) bond motifs is 1. The molecule has 1 fully saturated rings. The van der Waals surface area contributed by atoms with Gasteiger partial charge < -0.3 is 10.1 Å². The predicted molar refractivity (Wildman–Crippen MR) is 99.6 cm³/mol. The van der Waals surface area contributed by atoms with Crippen LogP contribution in [0.2, 0.25) is 0 Å². The number of carbonyl (C=O) groups excluding carboxylic acids is 1. The summed E-state index contributed by atoms with van der Waals surface area (Å²) in [7, 11) is 0. The highest BCUT2D eigenvalue weighted by Crippen LogP contribution is 2.08. The van der Waals surface area contributed by atoms with Crippen LogP contribution >= 0.6 is 0 Å². The minimum atomic E-state index is -0.414. The zero-order valence-corrected chi connectivity index (χ0v) is 15.6. The average molecular weight is 358 g/mol. The van der Waals surface area contributed by atoms with Crippen molar-refractivity contribution in [2.45, 2.75) is 26.9 Å². The molecule has 1 saturated heterocycles. The van der Waals surface area contributed by atoms with Crippen LogP contribution in [0.1, 0.15) is 29.8 Å². The Bertz CT molecular complexity index is 846. The second kappa shape index (κ2) is 7.97. The number of aromatic nitrogens is 2. The van der Waals surface area contributed by atoms with E-state index in [1.54, 1.807) is 12.3 Å². The molecule has 1 amide bonds. The van der Waals surface area contributed by atoms with E-state index < -0.39 is 5.91 Å². The summed E-state index contributed by atoms with van der Waals surface area (Å²) >= 11 is 0. The van der Waals surface area contributed by atoms with Gasteiger partial charge in [-0.25, -0.2) is 4.98 Å². The molecular weight excluding hydrogens is 332 g/mol. The average Bonchev–Trinajstić information content (AvgIpc) is 2.60. The molecule has 0 spiro atoms. The van der Waals surface area contributed by atoms with Crippen LogP contribution in [0.25, 0.3) is 5.65 Å². The summed E-state index contributed by atoms with van der Waals surface area (Å²) in [4.78, 5) is 31.6. The fraction of sp³-hybridized carbons (Fsp3) is 0.526. The van der Waals surface area contributed by atoms with Gasteiger partial charge in [0.25, 0.3) is 11.5 Å². The lowest BCUT2D eigenvalue weighted by Gasteiger charge is -2.33. The van der Waals surface area contributed by atoms with E-state index in [4.69, 9.17) is 4.74 Å². The summed E-state index contributed by atoms with van der Waals surface area (Å²) in [5.74, 6) is 0.179. The van der Waals surface area contributed by atoms with E-state index in [-0.39, 0.29) is 17.2 Å². The molecule has 1 atom stereocenters. The van der Waals surface area contributed by atoms with Gasteiger partial charge in [0.2, 0.25) is 0 Å². The first kappa shape index (κ1) is 18.5. The van der Waals surface area contributed by atoms with Gasteiger partial charge in [-0.2, -0.15) is 0 Å². The lowest BCUT2D eigenvalue weighted by Crippen LogP contribution is -2.48. The molecule has 2 aromatic heterocycles. The SMILES string of the molecule is Cc1ccc2ncc(C(=O)NCC3CN(CC(C)C)CCO3)c(=O)n2c1. The van der Waals surface area contributed by atoms with Crippen molar-refractivity contribution in [3.8, 4) is 0 Å².